The maximum atomic E-state index is 14.5. The van der Waals surface area contributed by atoms with Crippen LogP contribution in [-0.2, 0) is 19.4 Å². The topological polar surface area (TPSA) is 60.2 Å². The molecule has 5 nitrogen and oxygen atoms in total. The van der Waals surface area contributed by atoms with Gasteiger partial charge in [0.15, 0.2) is 0 Å². The molecule has 1 aliphatic carbocycles. The molecule has 0 aromatic heterocycles. The van der Waals surface area contributed by atoms with Gasteiger partial charge in [-0.15, -0.1) is 0 Å². The first-order chi connectivity index (χ1) is 13.6. The van der Waals surface area contributed by atoms with Gasteiger partial charge in [0.2, 0.25) is 0 Å². The molecule has 1 aromatic rings. The molecular formula is C22H27FN4O. The van der Waals surface area contributed by atoms with Gasteiger partial charge in [0.25, 0.3) is 0 Å². The minimum absolute atomic E-state index is 0.112. The zero-order valence-electron chi connectivity index (χ0n) is 16.2. The van der Waals surface area contributed by atoms with Crippen molar-refractivity contribution in [2.75, 3.05) is 6.54 Å². The quantitative estimate of drug-likeness (QED) is 0.845. The standard InChI is InChI=1S/C22H27FN4O/c1-13-21-19(23)11-27(22(21)26-12-25-13)17-8-16(20(28)9-17)7-15-4-2-3-14-5-6-24-10-18(14)15/h2-4,11-12,16-17,20-22,24,28H,5-10H2,1H3/t16-,17+,20-,21?,22?/m0/s1. The van der Waals surface area contributed by atoms with Crippen molar-refractivity contribution in [2.24, 2.45) is 21.8 Å². The number of fused-ring (bicyclic) bond motifs is 2. The summed E-state index contributed by atoms with van der Waals surface area (Å²) in [5.41, 5.74) is 4.95. The highest BCUT2D eigenvalue weighted by Crippen LogP contribution is 2.41. The minimum atomic E-state index is -0.367. The van der Waals surface area contributed by atoms with E-state index in [0.717, 1.165) is 38.1 Å². The minimum Gasteiger partial charge on any atom is -0.393 e. The molecule has 3 heterocycles. The van der Waals surface area contributed by atoms with E-state index in [0.29, 0.717) is 6.42 Å². The highest BCUT2D eigenvalue weighted by molar-refractivity contribution is 5.94. The van der Waals surface area contributed by atoms with Crippen molar-refractivity contribution in [3.05, 3.63) is 46.9 Å². The van der Waals surface area contributed by atoms with Gasteiger partial charge in [0.1, 0.15) is 18.3 Å². The fourth-order valence-electron chi connectivity index (χ4n) is 5.38. The summed E-state index contributed by atoms with van der Waals surface area (Å²) in [6.07, 6.45) is 6.00. The average molecular weight is 382 g/mol. The number of benzene rings is 1. The Morgan fingerprint density at radius 3 is 3.11 bits per heavy atom. The van der Waals surface area contributed by atoms with Crippen molar-refractivity contribution in [1.29, 1.82) is 0 Å². The molecule has 0 amide bonds. The highest BCUT2D eigenvalue weighted by atomic mass is 19.1. The van der Waals surface area contributed by atoms with Crippen LogP contribution in [0.4, 0.5) is 4.39 Å². The summed E-state index contributed by atoms with van der Waals surface area (Å²) in [4.78, 5) is 10.6. The molecule has 0 radical (unpaired) electrons. The molecule has 148 valence electrons. The fourth-order valence-corrected chi connectivity index (χ4v) is 5.38. The normalized spacial score (nSPS) is 34.1. The lowest BCUT2D eigenvalue weighted by atomic mass is 9.89. The molecule has 0 saturated heterocycles. The van der Waals surface area contributed by atoms with Gasteiger partial charge in [0, 0.05) is 24.5 Å². The summed E-state index contributed by atoms with van der Waals surface area (Å²) in [6.45, 7) is 3.80. The summed E-state index contributed by atoms with van der Waals surface area (Å²) in [6, 6.07) is 6.67. The third-order valence-electron chi connectivity index (χ3n) is 6.88. The number of hydrogen-bond donors (Lipinski definition) is 2. The predicted octanol–water partition coefficient (Wildman–Crippen LogP) is 2.59. The van der Waals surface area contributed by atoms with E-state index < -0.39 is 0 Å². The van der Waals surface area contributed by atoms with Crippen LogP contribution in [0.3, 0.4) is 0 Å². The summed E-state index contributed by atoms with van der Waals surface area (Å²) in [5.74, 6) is -0.339. The van der Waals surface area contributed by atoms with E-state index in [1.165, 1.54) is 16.7 Å². The first-order valence-corrected chi connectivity index (χ1v) is 10.3. The second kappa shape index (κ2) is 7.08. The van der Waals surface area contributed by atoms with E-state index in [4.69, 9.17) is 0 Å². The van der Waals surface area contributed by atoms with Gasteiger partial charge in [-0.3, -0.25) is 0 Å². The van der Waals surface area contributed by atoms with Crippen LogP contribution in [0.5, 0.6) is 0 Å². The Bertz CT molecular complexity index is 864. The number of aliphatic imine (C=N–C) groups is 2. The second-order valence-electron chi connectivity index (χ2n) is 8.53. The number of halogens is 1. The average Bonchev–Trinajstić information content (AvgIpc) is 3.23. The van der Waals surface area contributed by atoms with Crippen molar-refractivity contribution in [1.82, 2.24) is 10.2 Å². The highest BCUT2D eigenvalue weighted by Gasteiger charge is 2.45. The van der Waals surface area contributed by atoms with Gasteiger partial charge in [-0.25, -0.2) is 14.4 Å². The summed E-state index contributed by atoms with van der Waals surface area (Å²) >= 11 is 0. The third kappa shape index (κ3) is 2.99. The van der Waals surface area contributed by atoms with Crippen molar-refractivity contribution in [3.8, 4) is 0 Å². The van der Waals surface area contributed by atoms with Crippen LogP contribution < -0.4 is 5.32 Å². The molecule has 6 heteroatoms. The SMILES string of the molecule is CC1=NC=NC2C1C(F)=CN2[C@@H]1C[C@H](Cc2cccc3c2CNCC3)[C@@H](O)C1. The lowest BCUT2D eigenvalue weighted by Gasteiger charge is -2.32. The van der Waals surface area contributed by atoms with Crippen LogP contribution >= 0.6 is 0 Å². The number of aliphatic hydroxyl groups excluding tert-OH is 1. The smallest absolute Gasteiger partial charge is 0.137 e. The molecular weight excluding hydrogens is 355 g/mol. The number of nitrogens with one attached hydrogen (secondary N) is 1. The Morgan fingerprint density at radius 1 is 1.32 bits per heavy atom. The van der Waals surface area contributed by atoms with Crippen molar-refractivity contribution < 1.29 is 9.50 Å². The number of aliphatic hydroxyl groups is 1. The van der Waals surface area contributed by atoms with Gasteiger partial charge < -0.3 is 15.3 Å². The Morgan fingerprint density at radius 2 is 2.21 bits per heavy atom. The van der Waals surface area contributed by atoms with E-state index in [1.54, 1.807) is 12.5 Å². The van der Waals surface area contributed by atoms with E-state index in [2.05, 4.69) is 33.5 Å². The lowest BCUT2D eigenvalue weighted by molar-refractivity contribution is 0.126. The van der Waals surface area contributed by atoms with Crippen LogP contribution in [-0.4, -0.2) is 46.9 Å². The summed E-state index contributed by atoms with van der Waals surface area (Å²) < 4.78 is 14.5. The Kier molecular flexibility index (Phi) is 4.56. The maximum absolute atomic E-state index is 14.5. The Hall–Kier alpha value is -2.05. The fraction of sp³-hybridized carbons (Fsp3) is 0.545. The molecule has 1 aromatic carbocycles. The summed E-state index contributed by atoms with van der Waals surface area (Å²) in [7, 11) is 0. The zero-order chi connectivity index (χ0) is 19.3. The summed E-state index contributed by atoms with van der Waals surface area (Å²) in [5, 5.41) is 14.2. The lowest BCUT2D eigenvalue weighted by Crippen LogP contribution is -2.40. The van der Waals surface area contributed by atoms with Crippen LogP contribution in [0.25, 0.3) is 0 Å². The van der Waals surface area contributed by atoms with E-state index in [1.807, 2.05) is 11.8 Å². The van der Waals surface area contributed by atoms with Crippen LogP contribution in [0.2, 0.25) is 0 Å². The van der Waals surface area contributed by atoms with E-state index in [-0.39, 0.29) is 36.0 Å². The van der Waals surface area contributed by atoms with Gasteiger partial charge in [0.05, 0.1) is 12.0 Å². The first kappa shape index (κ1) is 18.0. The Labute approximate surface area is 165 Å². The van der Waals surface area contributed by atoms with Gasteiger partial charge in [-0.05, 0) is 61.8 Å². The zero-order valence-corrected chi connectivity index (χ0v) is 16.2. The monoisotopic (exact) mass is 382 g/mol. The predicted molar refractivity (Wildman–Crippen MR) is 108 cm³/mol. The second-order valence-corrected chi connectivity index (χ2v) is 8.53. The van der Waals surface area contributed by atoms with Gasteiger partial charge >= 0.3 is 0 Å². The molecule has 4 aliphatic rings. The van der Waals surface area contributed by atoms with Gasteiger partial charge in [-0.2, -0.15) is 0 Å². The third-order valence-corrected chi connectivity index (χ3v) is 6.88. The van der Waals surface area contributed by atoms with Crippen molar-refractivity contribution in [3.63, 3.8) is 0 Å². The van der Waals surface area contributed by atoms with Crippen molar-refractivity contribution >= 4 is 12.1 Å². The first-order valence-electron chi connectivity index (χ1n) is 10.3. The van der Waals surface area contributed by atoms with Crippen LogP contribution in [0.1, 0.15) is 36.5 Å². The molecule has 3 aliphatic heterocycles. The van der Waals surface area contributed by atoms with Gasteiger partial charge in [-0.1, -0.05) is 18.2 Å². The maximum Gasteiger partial charge on any atom is 0.137 e. The molecule has 1 saturated carbocycles. The van der Waals surface area contributed by atoms with Crippen molar-refractivity contribution in [2.45, 2.75) is 57.5 Å². The number of nitrogens with zero attached hydrogens (tertiary/aromatic N) is 3. The molecule has 2 N–H and O–H groups in total. The van der Waals surface area contributed by atoms with E-state index >= 15 is 0 Å². The molecule has 5 atom stereocenters. The Balaban J connectivity index is 1.33. The number of hydrogen-bond acceptors (Lipinski definition) is 5. The van der Waals surface area contributed by atoms with Crippen LogP contribution in [0.15, 0.2) is 40.2 Å². The molecule has 0 spiro atoms. The molecule has 0 bridgehead atoms. The molecule has 5 rings (SSSR count). The molecule has 1 fully saturated rings. The van der Waals surface area contributed by atoms with E-state index in [9.17, 15) is 9.50 Å². The largest absolute Gasteiger partial charge is 0.393 e. The van der Waals surface area contributed by atoms with Crippen LogP contribution in [0, 0.1) is 11.8 Å². The molecule has 28 heavy (non-hydrogen) atoms. The molecule has 2 unspecified atom stereocenters. The number of rotatable bonds is 3.